The topological polar surface area (TPSA) is 26.3 Å². The summed E-state index contributed by atoms with van der Waals surface area (Å²) in [5.74, 6) is 3.76. The Bertz CT molecular complexity index is 977. The summed E-state index contributed by atoms with van der Waals surface area (Å²) in [5, 5.41) is 0. The van der Waals surface area contributed by atoms with Gasteiger partial charge in [-0.05, 0) is 122 Å². The molecule has 0 aromatic rings. The van der Waals surface area contributed by atoms with Crippen LogP contribution in [0, 0.1) is 56.7 Å². The van der Waals surface area contributed by atoms with Crippen molar-refractivity contribution in [3.05, 3.63) is 12.2 Å². The Kier molecular flexibility index (Phi) is 6.67. The molecule has 10 atom stereocenters. The van der Waals surface area contributed by atoms with Gasteiger partial charge in [-0.2, -0.15) is 0 Å². The zero-order chi connectivity index (χ0) is 28.1. The third-order valence-electron chi connectivity index (χ3n) is 14.3. The summed E-state index contributed by atoms with van der Waals surface area (Å²) < 4.78 is 6.90. The maximum Gasteiger partial charge on any atom is 0.362 e. The number of carbonyl (C=O) groups is 1. The number of rotatable bonds is 4. The first-order chi connectivity index (χ1) is 17.4. The lowest BCUT2D eigenvalue weighted by Crippen LogP contribution is -2.66. The molecule has 3 heteroatoms. The molecule has 0 heterocycles. The Labute approximate surface area is 235 Å². The van der Waals surface area contributed by atoms with Crippen LogP contribution in [0.15, 0.2) is 12.2 Å². The molecule has 0 radical (unpaired) electrons. The van der Waals surface area contributed by atoms with Gasteiger partial charge in [-0.3, -0.25) is 0 Å². The van der Waals surface area contributed by atoms with Crippen molar-refractivity contribution in [2.45, 2.75) is 119 Å². The van der Waals surface area contributed by atoms with Crippen LogP contribution < -0.4 is 0 Å². The van der Waals surface area contributed by atoms with Crippen LogP contribution in [0.2, 0.25) is 0 Å². The van der Waals surface area contributed by atoms with Crippen LogP contribution in [0.5, 0.6) is 0 Å². The first kappa shape index (κ1) is 28.7. The summed E-state index contributed by atoms with van der Waals surface area (Å²) in [6.45, 7) is 22.9. The Morgan fingerprint density at radius 2 is 1.50 bits per heavy atom. The predicted molar refractivity (Wildman–Crippen MR) is 157 cm³/mol. The highest BCUT2D eigenvalue weighted by Crippen LogP contribution is 2.77. The van der Waals surface area contributed by atoms with E-state index >= 15 is 0 Å². The van der Waals surface area contributed by atoms with E-state index in [0.29, 0.717) is 38.6 Å². The molecule has 5 saturated carbocycles. The molecule has 3 nitrogen and oxygen atoms in total. The molecular formula is C35H60NO2+. The molecule has 5 unspecified atom stereocenters. The Hall–Kier alpha value is -0.830. The van der Waals surface area contributed by atoms with Crippen molar-refractivity contribution in [2.24, 2.45) is 56.7 Å². The highest BCUT2D eigenvalue weighted by Gasteiger charge is 2.70. The van der Waals surface area contributed by atoms with Crippen molar-refractivity contribution in [3.8, 4) is 0 Å². The van der Waals surface area contributed by atoms with Crippen molar-refractivity contribution >= 4 is 5.97 Å². The van der Waals surface area contributed by atoms with Crippen LogP contribution in [0.4, 0.5) is 0 Å². The molecule has 0 spiro atoms. The van der Waals surface area contributed by atoms with Crippen LogP contribution in [-0.4, -0.2) is 44.2 Å². The van der Waals surface area contributed by atoms with Gasteiger partial charge in [0.2, 0.25) is 0 Å². The fourth-order valence-electron chi connectivity index (χ4n) is 12.3. The van der Waals surface area contributed by atoms with Crippen LogP contribution in [-0.2, 0) is 9.53 Å². The van der Waals surface area contributed by atoms with Crippen LogP contribution in [0.3, 0.4) is 0 Å². The maximum absolute atomic E-state index is 12.9. The largest absolute Gasteiger partial charge is 0.458 e. The first-order valence-electron chi connectivity index (χ1n) is 16.0. The second-order valence-electron chi connectivity index (χ2n) is 17.6. The number of likely N-dealkylation sites (N-methyl/N-ethyl adjacent to an activating group) is 1. The molecule has 5 aliphatic carbocycles. The van der Waals surface area contributed by atoms with E-state index in [0.717, 1.165) is 30.1 Å². The summed E-state index contributed by atoms with van der Waals surface area (Å²) in [7, 11) is 6.21. The van der Waals surface area contributed by atoms with E-state index < -0.39 is 0 Å². The van der Waals surface area contributed by atoms with Crippen LogP contribution >= 0.6 is 0 Å². The lowest BCUT2D eigenvalue weighted by Gasteiger charge is -2.73. The fraction of sp³-hybridized carbons (Fsp3) is 0.914. The van der Waals surface area contributed by atoms with E-state index in [-0.39, 0.29) is 17.5 Å². The smallest absolute Gasteiger partial charge is 0.362 e. The van der Waals surface area contributed by atoms with Gasteiger partial charge in [0.15, 0.2) is 6.54 Å². The normalized spacial score (nSPS) is 49.7. The molecule has 0 bridgehead atoms. The van der Waals surface area contributed by atoms with E-state index in [1.165, 1.54) is 63.4 Å². The van der Waals surface area contributed by atoms with Gasteiger partial charge in [0.05, 0.1) is 21.1 Å². The number of ether oxygens (including phenoxy) is 1. The summed E-state index contributed by atoms with van der Waals surface area (Å²) in [6, 6.07) is 0. The van der Waals surface area contributed by atoms with Gasteiger partial charge in [-0.15, -0.1) is 0 Å². The van der Waals surface area contributed by atoms with E-state index in [1.807, 2.05) is 0 Å². The lowest BCUT2D eigenvalue weighted by molar-refractivity contribution is -0.862. The lowest BCUT2D eigenvalue weighted by atomic mass is 9.32. The van der Waals surface area contributed by atoms with Gasteiger partial charge in [-0.1, -0.05) is 53.7 Å². The minimum Gasteiger partial charge on any atom is -0.458 e. The Morgan fingerprint density at radius 3 is 2.13 bits per heavy atom. The third kappa shape index (κ3) is 4.01. The summed E-state index contributed by atoms with van der Waals surface area (Å²) in [5.41, 5.74) is 3.14. The van der Waals surface area contributed by atoms with E-state index in [2.05, 4.69) is 76.2 Å². The number of allylic oxidation sites excluding steroid dienone is 1. The van der Waals surface area contributed by atoms with E-state index in [9.17, 15) is 4.79 Å². The van der Waals surface area contributed by atoms with Crippen molar-refractivity contribution in [2.75, 3.05) is 27.7 Å². The Morgan fingerprint density at radius 1 is 0.816 bits per heavy atom. The van der Waals surface area contributed by atoms with Crippen molar-refractivity contribution in [1.29, 1.82) is 0 Å². The molecule has 5 fully saturated rings. The van der Waals surface area contributed by atoms with Crippen molar-refractivity contribution < 1.29 is 14.0 Å². The van der Waals surface area contributed by atoms with Crippen LogP contribution in [0.1, 0.15) is 113 Å². The number of hydrogen-bond acceptors (Lipinski definition) is 2. The van der Waals surface area contributed by atoms with E-state index in [1.54, 1.807) is 0 Å². The average molecular weight is 527 g/mol. The standard InChI is InChI=1S/C35H60NO2/c1-23(2)24-14-17-32(5)20-21-34(7)25(30(24)32)12-13-27-33(6)18-16-28(38-29(37)22-36(9,10)11)31(3,4)26(33)15-19-35(27,34)8/h24-28,30H,1,12-22H2,2-11H3/q+1/t24?,25?,26?,27?,28-,30?,32+,33-,34+,35+/m0/s1. The van der Waals surface area contributed by atoms with E-state index in [4.69, 9.17) is 4.74 Å². The number of carbonyl (C=O) groups excluding carboxylic acids is 1. The minimum atomic E-state index is -0.0262. The minimum absolute atomic E-state index is 0.0221. The van der Waals surface area contributed by atoms with Gasteiger partial charge >= 0.3 is 5.97 Å². The number of hydrogen-bond donors (Lipinski definition) is 0. The van der Waals surface area contributed by atoms with Gasteiger partial charge in [0.1, 0.15) is 6.10 Å². The number of fused-ring (bicyclic) bond motifs is 7. The first-order valence-corrected chi connectivity index (χ1v) is 16.0. The zero-order valence-electron chi connectivity index (χ0n) is 26.7. The highest BCUT2D eigenvalue weighted by molar-refractivity contribution is 5.70. The molecular weight excluding hydrogens is 466 g/mol. The second kappa shape index (κ2) is 8.83. The molecule has 0 aromatic heterocycles. The average Bonchev–Trinajstić information content (AvgIpc) is 3.13. The quantitative estimate of drug-likeness (QED) is 0.209. The molecule has 5 aliphatic rings. The molecule has 0 aromatic carbocycles. The molecule has 5 rings (SSSR count). The molecule has 0 N–H and O–H groups in total. The molecule has 38 heavy (non-hydrogen) atoms. The fourth-order valence-corrected chi connectivity index (χ4v) is 12.3. The van der Waals surface area contributed by atoms with Crippen LogP contribution in [0.25, 0.3) is 0 Å². The van der Waals surface area contributed by atoms with Crippen molar-refractivity contribution in [3.63, 3.8) is 0 Å². The summed E-state index contributed by atoms with van der Waals surface area (Å²) in [6.07, 6.45) is 13.3. The van der Waals surface area contributed by atoms with Crippen molar-refractivity contribution in [1.82, 2.24) is 0 Å². The number of quaternary nitrogens is 1. The summed E-state index contributed by atoms with van der Waals surface area (Å²) >= 11 is 0. The second-order valence-corrected chi connectivity index (χ2v) is 17.6. The zero-order valence-corrected chi connectivity index (χ0v) is 26.7. The summed E-state index contributed by atoms with van der Waals surface area (Å²) in [4.78, 5) is 12.9. The van der Waals surface area contributed by atoms with Gasteiger partial charge in [0, 0.05) is 5.41 Å². The van der Waals surface area contributed by atoms with Gasteiger partial charge in [0.25, 0.3) is 0 Å². The monoisotopic (exact) mass is 526 g/mol. The molecule has 0 amide bonds. The number of esters is 1. The Balaban J connectivity index is 1.42. The van der Waals surface area contributed by atoms with Gasteiger partial charge in [-0.25, -0.2) is 4.79 Å². The molecule has 0 saturated heterocycles. The SMILES string of the molecule is C=C(C)C1CC[C@]2(C)CC[C@]3(C)C(CCC4[C@@]5(C)CC[C@H](OC(=O)C[N+](C)(C)C)C(C)(C)C5CC[C@]43C)C12. The third-order valence-corrected chi connectivity index (χ3v) is 14.3. The highest BCUT2D eigenvalue weighted by atomic mass is 16.5. The molecule has 0 aliphatic heterocycles. The molecule has 216 valence electrons. The maximum atomic E-state index is 12.9. The van der Waals surface area contributed by atoms with Gasteiger partial charge < -0.3 is 9.22 Å². The number of nitrogens with zero attached hydrogens (tertiary/aromatic N) is 1. The predicted octanol–water partition coefficient (Wildman–Crippen LogP) is 8.28.